The van der Waals surface area contributed by atoms with E-state index >= 15 is 0 Å². The van der Waals surface area contributed by atoms with Gasteiger partial charge in [0, 0.05) is 19.3 Å². The Labute approximate surface area is 418 Å². The van der Waals surface area contributed by atoms with E-state index in [1.807, 2.05) is 0 Å². The van der Waals surface area contributed by atoms with Gasteiger partial charge in [0.25, 0.3) is 0 Å². The number of carbonyl (C=O) groups is 3. The van der Waals surface area contributed by atoms with Crippen LogP contribution in [0, 0.1) is 0 Å². The van der Waals surface area contributed by atoms with E-state index in [0.717, 1.165) is 64.2 Å². The molecule has 0 rings (SSSR count). The number of unbranched alkanes of at least 4 members (excludes halogenated alkanes) is 43. The van der Waals surface area contributed by atoms with E-state index in [1.165, 1.54) is 238 Å². The first kappa shape index (κ1) is 65.1. The summed E-state index contributed by atoms with van der Waals surface area (Å²) in [6, 6.07) is 0. The molecule has 0 aromatic rings. The Hall–Kier alpha value is -1.85. The smallest absolute Gasteiger partial charge is 0.306 e. The van der Waals surface area contributed by atoms with Crippen molar-refractivity contribution >= 4 is 17.9 Å². The molecule has 0 aromatic heterocycles. The molecule has 1 unspecified atom stereocenters. The van der Waals surface area contributed by atoms with Crippen molar-refractivity contribution in [3.8, 4) is 0 Å². The molecule has 67 heavy (non-hydrogen) atoms. The van der Waals surface area contributed by atoms with Crippen molar-refractivity contribution in [3.05, 3.63) is 12.2 Å². The van der Waals surface area contributed by atoms with Crippen LogP contribution in [0.2, 0.25) is 0 Å². The van der Waals surface area contributed by atoms with Crippen molar-refractivity contribution in [2.75, 3.05) is 13.2 Å². The molecule has 6 nitrogen and oxygen atoms in total. The lowest BCUT2D eigenvalue weighted by Crippen LogP contribution is -2.30. The Morgan fingerprint density at radius 1 is 0.284 bits per heavy atom. The molecule has 396 valence electrons. The summed E-state index contributed by atoms with van der Waals surface area (Å²) in [5.41, 5.74) is 0. The third-order valence-electron chi connectivity index (χ3n) is 13.8. The molecule has 0 aromatic carbocycles. The van der Waals surface area contributed by atoms with Crippen LogP contribution in [0.25, 0.3) is 0 Å². The van der Waals surface area contributed by atoms with Gasteiger partial charge in [0.05, 0.1) is 0 Å². The Kier molecular flexibility index (Phi) is 55.2. The second-order valence-electron chi connectivity index (χ2n) is 20.6. The monoisotopic (exact) mass is 945 g/mol. The lowest BCUT2D eigenvalue weighted by atomic mass is 10.0. The van der Waals surface area contributed by atoms with Gasteiger partial charge in [0.15, 0.2) is 6.10 Å². The van der Waals surface area contributed by atoms with Gasteiger partial charge in [-0.05, 0) is 44.9 Å². The Morgan fingerprint density at radius 2 is 0.493 bits per heavy atom. The van der Waals surface area contributed by atoms with E-state index in [-0.39, 0.29) is 31.1 Å². The number of allylic oxidation sites excluding steroid dienone is 2. The molecule has 0 N–H and O–H groups in total. The largest absolute Gasteiger partial charge is 0.462 e. The normalized spacial score (nSPS) is 12.0. The standard InChI is InChI=1S/C61H116O6/c1-4-7-10-13-16-18-20-22-23-24-25-26-27-28-29-30-31-32-33-34-35-36-37-39-40-42-45-48-51-54-60(63)66-57-58(56-65-59(62)53-50-47-44-15-12-9-6-3)67-61(64)55-52-49-46-43-41-38-21-19-17-14-11-8-5-2/h19,21,58H,4-18,20,22-57H2,1-3H3/b21-19-. The highest BCUT2D eigenvalue weighted by molar-refractivity contribution is 5.71. The van der Waals surface area contributed by atoms with Gasteiger partial charge in [0.1, 0.15) is 13.2 Å². The quantitative estimate of drug-likeness (QED) is 0.0262. The zero-order valence-corrected chi connectivity index (χ0v) is 45.5. The first-order valence-electron chi connectivity index (χ1n) is 30.2. The van der Waals surface area contributed by atoms with Crippen molar-refractivity contribution in [2.45, 2.75) is 348 Å². The van der Waals surface area contributed by atoms with Crippen LogP contribution in [0.5, 0.6) is 0 Å². The molecular formula is C61H116O6. The zero-order chi connectivity index (χ0) is 48.6. The van der Waals surface area contributed by atoms with Crippen LogP contribution < -0.4 is 0 Å². The lowest BCUT2D eigenvalue weighted by Gasteiger charge is -2.18. The fraction of sp³-hybridized carbons (Fsp3) is 0.918. The maximum atomic E-state index is 12.8. The Bertz CT molecular complexity index is 1040. The third-order valence-corrected chi connectivity index (χ3v) is 13.8. The highest BCUT2D eigenvalue weighted by atomic mass is 16.6. The van der Waals surface area contributed by atoms with Gasteiger partial charge >= 0.3 is 17.9 Å². The molecule has 0 radical (unpaired) electrons. The maximum absolute atomic E-state index is 12.8. The van der Waals surface area contributed by atoms with Crippen LogP contribution in [-0.2, 0) is 28.6 Å². The van der Waals surface area contributed by atoms with E-state index in [1.54, 1.807) is 0 Å². The second kappa shape index (κ2) is 56.7. The third kappa shape index (κ3) is 55.0. The van der Waals surface area contributed by atoms with E-state index in [4.69, 9.17) is 14.2 Å². The van der Waals surface area contributed by atoms with Gasteiger partial charge in [0.2, 0.25) is 0 Å². The molecule has 0 saturated carbocycles. The highest BCUT2D eigenvalue weighted by Crippen LogP contribution is 2.18. The molecule has 0 heterocycles. The van der Waals surface area contributed by atoms with E-state index in [0.29, 0.717) is 19.3 Å². The van der Waals surface area contributed by atoms with Crippen molar-refractivity contribution in [1.29, 1.82) is 0 Å². The number of hydrogen-bond donors (Lipinski definition) is 0. The van der Waals surface area contributed by atoms with Gasteiger partial charge in [-0.1, -0.05) is 290 Å². The van der Waals surface area contributed by atoms with Crippen molar-refractivity contribution in [3.63, 3.8) is 0 Å². The molecule has 6 heteroatoms. The molecule has 1 atom stereocenters. The molecule has 0 aliphatic carbocycles. The maximum Gasteiger partial charge on any atom is 0.306 e. The fourth-order valence-corrected chi connectivity index (χ4v) is 9.21. The second-order valence-corrected chi connectivity index (χ2v) is 20.6. The molecule has 0 amide bonds. The summed E-state index contributed by atoms with van der Waals surface area (Å²) in [6.45, 7) is 6.62. The summed E-state index contributed by atoms with van der Waals surface area (Å²) in [4.78, 5) is 37.9. The topological polar surface area (TPSA) is 78.9 Å². The van der Waals surface area contributed by atoms with E-state index in [2.05, 4.69) is 32.9 Å². The molecule has 0 fully saturated rings. The van der Waals surface area contributed by atoms with Crippen LogP contribution >= 0.6 is 0 Å². The summed E-state index contributed by atoms with van der Waals surface area (Å²) in [5.74, 6) is -0.865. The average Bonchev–Trinajstić information content (AvgIpc) is 3.33. The molecular weight excluding hydrogens is 829 g/mol. The minimum absolute atomic E-state index is 0.0685. The molecule has 0 saturated heterocycles. The summed E-state index contributed by atoms with van der Waals surface area (Å²) >= 11 is 0. The summed E-state index contributed by atoms with van der Waals surface area (Å²) in [7, 11) is 0. The highest BCUT2D eigenvalue weighted by Gasteiger charge is 2.19. The Balaban J connectivity index is 3.97. The summed E-state index contributed by atoms with van der Waals surface area (Å²) in [5, 5.41) is 0. The SMILES string of the molecule is CCCCCC/C=C\CCCCCCCC(=O)OC(COC(=O)CCCCCCCCC)COC(=O)CCCCCCCCCCCCCCCCCCCCCCCCCCCCCCC. The minimum Gasteiger partial charge on any atom is -0.462 e. The predicted molar refractivity (Wildman–Crippen MR) is 289 cm³/mol. The number of carbonyl (C=O) groups excluding carboxylic acids is 3. The molecule has 0 spiro atoms. The number of esters is 3. The van der Waals surface area contributed by atoms with Crippen LogP contribution in [0.3, 0.4) is 0 Å². The van der Waals surface area contributed by atoms with Crippen LogP contribution in [0.15, 0.2) is 12.2 Å². The number of hydrogen-bond acceptors (Lipinski definition) is 6. The number of ether oxygens (including phenoxy) is 3. The lowest BCUT2D eigenvalue weighted by molar-refractivity contribution is -0.167. The van der Waals surface area contributed by atoms with Crippen LogP contribution in [-0.4, -0.2) is 37.2 Å². The van der Waals surface area contributed by atoms with Crippen molar-refractivity contribution < 1.29 is 28.6 Å². The molecule has 0 aliphatic heterocycles. The number of rotatable bonds is 56. The van der Waals surface area contributed by atoms with Crippen LogP contribution in [0.4, 0.5) is 0 Å². The summed E-state index contributed by atoms with van der Waals surface area (Å²) < 4.78 is 16.8. The molecule has 0 aliphatic rings. The first-order chi connectivity index (χ1) is 33.0. The predicted octanol–water partition coefficient (Wildman–Crippen LogP) is 20.1. The fourth-order valence-electron chi connectivity index (χ4n) is 9.21. The van der Waals surface area contributed by atoms with Gasteiger partial charge in [-0.25, -0.2) is 0 Å². The van der Waals surface area contributed by atoms with Crippen molar-refractivity contribution in [2.24, 2.45) is 0 Å². The van der Waals surface area contributed by atoms with Gasteiger partial charge in [-0.15, -0.1) is 0 Å². The van der Waals surface area contributed by atoms with E-state index < -0.39 is 6.10 Å². The average molecular weight is 946 g/mol. The minimum atomic E-state index is -0.767. The van der Waals surface area contributed by atoms with Crippen molar-refractivity contribution in [1.82, 2.24) is 0 Å². The first-order valence-corrected chi connectivity index (χ1v) is 30.2. The summed E-state index contributed by atoms with van der Waals surface area (Å²) in [6.07, 6.45) is 65.4. The van der Waals surface area contributed by atoms with Gasteiger partial charge < -0.3 is 14.2 Å². The van der Waals surface area contributed by atoms with Gasteiger partial charge in [-0.3, -0.25) is 14.4 Å². The van der Waals surface area contributed by atoms with E-state index in [9.17, 15) is 14.4 Å². The zero-order valence-electron chi connectivity index (χ0n) is 45.5. The van der Waals surface area contributed by atoms with Gasteiger partial charge in [-0.2, -0.15) is 0 Å². The molecule has 0 bridgehead atoms. The Morgan fingerprint density at radius 3 is 0.761 bits per heavy atom. The van der Waals surface area contributed by atoms with Crippen LogP contribution in [0.1, 0.15) is 342 Å².